The molecule has 8 nitrogen and oxygen atoms in total. The van der Waals surface area contributed by atoms with Crippen molar-refractivity contribution in [1.29, 1.82) is 0 Å². The lowest BCUT2D eigenvalue weighted by molar-refractivity contribution is -0.142. The van der Waals surface area contributed by atoms with Crippen LogP contribution in [0.3, 0.4) is 0 Å². The Bertz CT molecular complexity index is 944. The molecule has 1 aliphatic rings. The first kappa shape index (κ1) is 25.7. The molecule has 1 aliphatic heterocycles. The number of phenolic OH excluding ortho intramolecular Hbond substituents is 1. The van der Waals surface area contributed by atoms with Crippen molar-refractivity contribution in [3.05, 3.63) is 40.6 Å². The van der Waals surface area contributed by atoms with Crippen LogP contribution in [0.25, 0.3) is 0 Å². The van der Waals surface area contributed by atoms with E-state index in [1.54, 1.807) is 6.07 Å². The Morgan fingerprint density at radius 1 is 1.21 bits per heavy atom. The molecule has 0 unspecified atom stereocenters. The van der Waals surface area contributed by atoms with Gasteiger partial charge in [0.2, 0.25) is 5.95 Å². The molecule has 3 rings (SSSR count). The van der Waals surface area contributed by atoms with Crippen LogP contribution in [0.2, 0.25) is 0 Å². The summed E-state index contributed by atoms with van der Waals surface area (Å²) in [6.45, 7) is 8.74. The smallest absolute Gasteiger partial charge is 0.310 e. The number of likely N-dealkylation sites (tertiary alicyclic amines) is 1. The number of hydrogen-bond donors (Lipinski definition) is 3. The van der Waals surface area contributed by atoms with E-state index in [4.69, 9.17) is 10.5 Å². The van der Waals surface area contributed by atoms with Gasteiger partial charge in [-0.25, -0.2) is 4.98 Å². The number of rotatable bonds is 13. The number of aromatic nitrogens is 2. The minimum absolute atomic E-state index is 0.145. The minimum atomic E-state index is -0.265. The summed E-state index contributed by atoms with van der Waals surface area (Å²) in [6, 6.07) is 5.35. The molecule has 1 aromatic heterocycles. The van der Waals surface area contributed by atoms with Gasteiger partial charge in [0, 0.05) is 24.2 Å². The highest BCUT2D eigenvalue weighted by Gasteiger charge is 2.15. The number of anilines is 2. The number of nitrogens with two attached hydrogens (primary N) is 1. The van der Waals surface area contributed by atoms with Gasteiger partial charge >= 0.3 is 5.97 Å². The van der Waals surface area contributed by atoms with Crippen molar-refractivity contribution in [2.45, 2.75) is 65.2 Å². The van der Waals surface area contributed by atoms with Crippen LogP contribution < -0.4 is 11.1 Å². The van der Waals surface area contributed by atoms with Crippen LogP contribution in [0.5, 0.6) is 5.75 Å². The van der Waals surface area contributed by atoms with E-state index >= 15 is 0 Å². The molecule has 2 heterocycles. The van der Waals surface area contributed by atoms with Gasteiger partial charge in [0.15, 0.2) is 0 Å². The largest absolute Gasteiger partial charge is 0.508 e. The summed E-state index contributed by atoms with van der Waals surface area (Å²) >= 11 is 0. The van der Waals surface area contributed by atoms with Gasteiger partial charge in [-0.1, -0.05) is 25.5 Å². The quantitative estimate of drug-likeness (QED) is 0.300. The van der Waals surface area contributed by atoms with Crippen LogP contribution in [0.4, 0.5) is 11.8 Å². The number of nitrogens with one attached hydrogen (secondary N) is 1. The average Bonchev–Trinajstić information content (AvgIpc) is 3.31. The maximum Gasteiger partial charge on any atom is 0.310 e. The van der Waals surface area contributed by atoms with Crippen LogP contribution in [0.1, 0.15) is 67.8 Å². The molecule has 1 aromatic carbocycles. The number of phenols is 1. The molecule has 34 heavy (non-hydrogen) atoms. The van der Waals surface area contributed by atoms with E-state index in [-0.39, 0.29) is 24.1 Å². The van der Waals surface area contributed by atoms with Gasteiger partial charge in [-0.05, 0) is 75.9 Å². The molecule has 1 fully saturated rings. The fraction of sp³-hybridized carbons (Fsp3) is 0.577. The Balaban J connectivity index is 1.52. The van der Waals surface area contributed by atoms with Crippen LogP contribution in [-0.4, -0.2) is 58.7 Å². The molecule has 1 saturated heterocycles. The maximum atomic E-state index is 12.2. The topological polar surface area (TPSA) is 114 Å². The van der Waals surface area contributed by atoms with Gasteiger partial charge in [-0.15, -0.1) is 0 Å². The summed E-state index contributed by atoms with van der Waals surface area (Å²) < 4.78 is 5.39. The monoisotopic (exact) mass is 469 g/mol. The van der Waals surface area contributed by atoms with Crippen molar-refractivity contribution in [3.63, 3.8) is 0 Å². The standard InChI is InChI=1S/C26H39N5O3/c1-3-4-11-28-25-22(19(2)29-26(27)30-25)18-21-10-9-20(16-23(21)32)17-24(33)34-15-8-7-14-31-12-5-6-13-31/h9-10,16,32H,3-8,11-15,17-18H2,1-2H3,(H3,27,28,29,30). The second-order valence-electron chi connectivity index (χ2n) is 9.07. The van der Waals surface area contributed by atoms with Crippen molar-refractivity contribution in [3.8, 4) is 5.75 Å². The van der Waals surface area contributed by atoms with Crippen LogP contribution in [-0.2, 0) is 22.4 Å². The summed E-state index contributed by atoms with van der Waals surface area (Å²) in [5, 5.41) is 14.0. The number of nitrogen functional groups attached to an aromatic ring is 1. The van der Waals surface area contributed by atoms with Gasteiger partial charge in [0.1, 0.15) is 11.6 Å². The number of carbonyl (C=O) groups excluding carboxylic acids is 1. The number of carbonyl (C=O) groups is 1. The summed E-state index contributed by atoms with van der Waals surface area (Å²) in [5.74, 6) is 0.815. The third kappa shape index (κ3) is 7.87. The molecule has 0 aliphatic carbocycles. The molecular weight excluding hydrogens is 430 g/mol. The summed E-state index contributed by atoms with van der Waals surface area (Å²) in [7, 11) is 0. The number of aromatic hydroxyl groups is 1. The zero-order chi connectivity index (χ0) is 24.3. The predicted molar refractivity (Wildman–Crippen MR) is 135 cm³/mol. The van der Waals surface area contributed by atoms with E-state index in [9.17, 15) is 9.90 Å². The van der Waals surface area contributed by atoms with Gasteiger partial charge in [0.25, 0.3) is 0 Å². The van der Waals surface area contributed by atoms with E-state index in [0.717, 1.165) is 61.2 Å². The lowest BCUT2D eigenvalue weighted by Gasteiger charge is -2.15. The highest BCUT2D eigenvalue weighted by atomic mass is 16.5. The number of nitrogens with zero attached hydrogens (tertiary/aromatic N) is 3. The van der Waals surface area contributed by atoms with E-state index in [1.165, 1.54) is 25.9 Å². The Hall–Kier alpha value is -2.87. The second-order valence-corrected chi connectivity index (χ2v) is 9.07. The third-order valence-corrected chi connectivity index (χ3v) is 6.25. The molecule has 0 radical (unpaired) electrons. The van der Waals surface area contributed by atoms with Crippen molar-refractivity contribution >= 4 is 17.7 Å². The highest BCUT2D eigenvalue weighted by molar-refractivity contribution is 5.72. The lowest BCUT2D eigenvalue weighted by atomic mass is 10.0. The number of ether oxygens (including phenoxy) is 1. The fourth-order valence-electron chi connectivity index (χ4n) is 4.27. The summed E-state index contributed by atoms with van der Waals surface area (Å²) in [6.07, 6.45) is 7.23. The molecule has 0 atom stereocenters. The van der Waals surface area contributed by atoms with Gasteiger partial charge in [-0.2, -0.15) is 4.98 Å². The number of hydrogen-bond acceptors (Lipinski definition) is 8. The van der Waals surface area contributed by atoms with E-state index in [2.05, 4.69) is 27.1 Å². The van der Waals surface area contributed by atoms with Crippen molar-refractivity contribution in [2.75, 3.05) is 43.8 Å². The van der Waals surface area contributed by atoms with Gasteiger partial charge in [0.05, 0.1) is 13.0 Å². The average molecular weight is 470 g/mol. The molecule has 0 saturated carbocycles. The Labute approximate surface area is 202 Å². The van der Waals surface area contributed by atoms with E-state index in [1.807, 2.05) is 19.1 Å². The molecule has 0 amide bonds. The SMILES string of the molecule is CCCCNc1nc(N)nc(C)c1Cc1ccc(CC(=O)OCCCCN2CCCC2)cc1O. The Morgan fingerprint density at radius 2 is 2.00 bits per heavy atom. The Kier molecular flexibility index (Phi) is 9.94. The second kappa shape index (κ2) is 13.1. The zero-order valence-electron chi connectivity index (χ0n) is 20.6. The zero-order valence-corrected chi connectivity index (χ0v) is 20.6. The summed E-state index contributed by atoms with van der Waals surface area (Å²) in [5.41, 5.74) is 9.01. The van der Waals surface area contributed by atoms with Crippen molar-refractivity contribution < 1.29 is 14.6 Å². The number of aryl methyl sites for hydroxylation is 1. The molecular formula is C26H39N5O3. The number of unbranched alkanes of at least 4 members (excludes halogenated alkanes) is 2. The van der Waals surface area contributed by atoms with Gasteiger partial charge in [-0.3, -0.25) is 4.79 Å². The lowest BCUT2D eigenvalue weighted by Crippen LogP contribution is -2.20. The van der Waals surface area contributed by atoms with Crippen LogP contribution in [0.15, 0.2) is 18.2 Å². The first-order valence-corrected chi connectivity index (χ1v) is 12.5. The number of benzene rings is 1. The van der Waals surface area contributed by atoms with Crippen molar-refractivity contribution in [2.24, 2.45) is 0 Å². The first-order valence-electron chi connectivity index (χ1n) is 12.5. The van der Waals surface area contributed by atoms with E-state index < -0.39 is 0 Å². The molecule has 8 heteroatoms. The van der Waals surface area contributed by atoms with Crippen molar-refractivity contribution in [1.82, 2.24) is 14.9 Å². The molecule has 0 bridgehead atoms. The molecule has 2 aromatic rings. The van der Waals surface area contributed by atoms with Gasteiger partial charge < -0.3 is 25.8 Å². The normalized spacial score (nSPS) is 13.8. The Morgan fingerprint density at radius 3 is 2.74 bits per heavy atom. The fourth-order valence-corrected chi connectivity index (χ4v) is 4.27. The van der Waals surface area contributed by atoms with Crippen LogP contribution >= 0.6 is 0 Å². The predicted octanol–water partition coefficient (Wildman–Crippen LogP) is 3.84. The molecule has 186 valence electrons. The van der Waals surface area contributed by atoms with Crippen LogP contribution in [0, 0.1) is 6.92 Å². The van der Waals surface area contributed by atoms with E-state index in [0.29, 0.717) is 18.8 Å². The summed E-state index contributed by atoms with van der Waals surface area (Å²) in [4.78, 5) is 23.3. The molecule has 0 spiro atoms. The highest BCUT2D eigenvalue weighted by Crippen LogP contribution is 2.27. The molecule has 4 N–H and O–H groups in total. The first-order chi connectivity index (χ1) is 16.5. The maximum absolute atomic E-state index is 12.2. The number of esters is 1. The third-order valence-electron chi connectivity index (χ3n) is 6.25. The minimum Gasteiger partial charge on any atom is -0.508 e.